The Morgan fingerprint density at radius 3 is 2.00 bits per heavy atom. The summed E-state index contributed by atoms with van der Waals surface area (Å²) in [5, 5.41) is 10.1. The van der Waals surface area contributed by atoms with E-state index in [-0.39, 0.29) is 6.10 Å². The van der Waals surface area contributed by atoms with Crippen LogP contribution in [0.1, 0.15) is 44.9 Å². The van der Waals surface area contributed by atoms with Gasteiger partial charge >= 0.3 is 0 Å². The lowest BCUT2D eigenvalue weighted by atomic mass is 9.53. The van der Waals surface area contributed by atoms with Gasteiger partial charge in [0.25, 0.3) is 0 Å². The molecule has 2 unspecified atom stereocenters. The second-order valence-corrected chi connectivity index (χ2v) is 6.14. The van der Waals surface area contributed by atoms with E-state index in [9.17, 15) is 5.11 Å². The molecule has 2 saturated carbocycles. The molecule has 82 valence electrons. The Hall–Kier alpha value is -0.300. The summed E-state index contributed by atoms with van der Waals surface area (Å²) in [5.41, 5.74) is 3.63. The Balaban J connectivity index is 1.86. The first-order valence-corrected chi connectivity index (χ1v) is 6.76. The fourth-order valence-corrected chi connectivity index (χ4v) is 5.06. The summed E-state index contributed by atoms with van der Waals surface area (Å²) in [7, 11) is 0. The van der Waals surface area contributed by atoms with Crippen LogP contribution in [0, 0.1) is 23.7 Å². The minimum atomic E-state index is 0.0156. The second kappa shape index (κ2) is 2.88. The molecule has 0 heterocycles. The lowest BCUT2D eigenvalue weighted by molar-refractivity contribution is 0.0301. The van der Waals surface area contributed by atoms with Crippen molar-refractivity contribution in [1.82, 2.24) is 0 Å². The number of hydrogen-bond acceptors (Lipinski definition) is 1. The topological polar surface area (TPSA) is 20.2 Å². The van der Waals surface area contributed by atoms with Gasteiger partial charge in [-0.3, -0.25) is 0 Å². The monoisotopic (exact) mass is 204 g/mol. The predicted octanol–water partition coefficient (Wildman–Crippen LogP) is 2.89. The van der Waals surface area contributed by atoms with Crippen molar-refractivity contribution in [3.8, 4) is 0 Å². The van der Waals surface area contributed by atoms with E-state index in [2.05, 4.69) is 0 Å². The van der Waals surface area contributed by atoms with Crippen LogP contribution in [0.3, 0.4) is 0 Å². The largest absolute Gasteiger partial charge is 0.392 e. The molecular formula is C14H20O. The third-order valence-corrected chi connectivity index (χ3v) is 5.60. The van der Waals surface area contributed by atoms with Crippen molar-refractivity contribution in [3.05, 3.63) is 11.1 Å². The molecular weight excluding hydrogens is 184 g/mol. The Bertz CT molecular complexity index is 322. The Labute approximate surface area is 91.6 Å². The number of aliphatic hydroxyl groups excluding tert-OH is 1. The first-order valence-electron chi connectivity index (χ1n) is 6.76. The van der Waals surface area contributed by atoms with Gasteiger partial charge in [0.2, 0.25) is 0 Å². The molecule has 0 aromatic carbocycles. The Morgan fingerprint density at radius 2 is 1.33 bits per heavy atom. The SMILES string of the molecule is O[C@@H]1CC2CCC1C1=C2C2CCC1CC2. The quantitative estimate of drug-likeness (QED) is 0.601. The van der Waals surface area contributed by atoms with Gasteiger partial charge in [0.15, 0.2) is 0 Å². The molecule has 3 atom stereocenters. The molecule has 1 nitrogen and oxygen atoms in total. The minimum Gasteiger partial charge on any atom is -0.392 e. The smallest absolute Gasteiger partial charge is 0.0611 e. The van der Waals surface area contributed by atoms with Crippen LogP contribution in [0.5, 0.6) is 0 Å². The van der Waals surface area contributed by atoms with E-state index < -0.39 is 0 Å². The van der Waals surface area contributed by atoms with Gasteiger partial charge in [-0.15, -0.1) is 0 Å². The highest BCUT2D eigenvalue weighted by Crippen LogP contribution is 2.58. The molecule has 0 radical (unpaired) electrons. The van der Waals surface area contributed by atoms with Gasteiger partial charge < -0.3 is 5.11 Å². The number of allylic oxidation sites excluding steroid dienone is 1. The van der Waals surface area contributed by atoms with Crippen molar-refractivity contribution in [1.29, 1.82) is 0 Å². The first-order chi connectivity index (χ1) is 7.34. The zero-order valence-corrected chi connectivity index (χ0v) is 9.28. The summed E-state index contributed by atoms with van der Waals surface area (Å²) in [4.78, 5) is 0. The van der Waals surface area contributed by atoms with Gasteiger partial charge in [-0.2, -0.15) is 0 Å². The molecule has 0 saturated heterocycles. The van der Waals surface area contributed by atoms with E-state index in [1.807, 2.05) is 5.57 Å². The van der Waals surface area contributed by atoms with Crippen LogP contribution in [0.2, 0.25) is 0 Å². The summed E-state index contributed by atoms with van der Waals surface area (Å²) in [6.45, 7) is 0. The van der Waals surface area contributed by atoms with Crippen LogP contribution in [0.25, 0.3) is 0 Å². The first kappa shape index (κ1) is 8.81. The predicted molar refractivity (Wildman–Crippen MR) is 59.3 cm³/mol. The van der Waals surface area contributed by atoms with E-state index >= 15 is 0 Å². The van der Waals surface area contributed by atoms with E-state index in [0.29, 0.717) is 5.92 Å². The molecule has 6 rings (SSSR count). The molecule has 6 aliphatic carbocycles. The third-order valence-electron chi connectivity index (χ3n) is 5.60. The molecule has 0 amide bonds. The summed E-state index contributed by atoms with van der Waals surface area (Å²) < 4.78 is 0. The molecule has 4 bridgehead atoms. The fourth-order valence-electron chi connectivity index (χ4n) is 5.06. The lowest BCUT2D eigenvalue weighted by Crippen LogP contribution is -2.45. The molecule has 0 aliphatic heterocycles. The number of fused-ring (bicyclic) bond motifs is 4. The minimum absolute atomic E-state index is 0.0156. The highest BCUT2D eigenvalue weighted by Gasteiger charge is 2.48. The maximum absolute atomic E-state index is 10.1. The lowest BCUT2D eigenvalue weighted by Gasteiger charge is -2.53. The summed E-state index contributed by atoms with van der Waals surface area (Å²) in [6, 6.07) is 0. The van der Waals surface area contributed by atoms with E-state index in [1.54, 1.807) is 5.57 Å². The molecule has 6 aliphatic rings. The maximum atomic E-state index is 10.1. The molecule has 1 heteroatoms. The second-order valence-electron chi connectivity index (χ2n) is 6.14. The van der Waals surface area contributed by atoms with E-state index in [1.165, 1.54) is 38.5 Å². The number of hydrogen-bond donors (Lipinski definition) is 1. The van der Waals surface area contributed by atoms with Crippen LogP contribution >= 0.6 is 0 Å². The summed E-state index contributed by atoms with van der Waals surface area (Å²) >= 11 is 0. The van der Waals surface area contributed by atoms with Gasteiger partial charge in [0.1, 0.15) is 0 Å². The van der Waals surface area contributed by atoms with Crippen molar-refractivity contribution >= 4 is 0 Å². The van der Waals surface area contributed by atoms with Crippen LogP contribution in [-0.4, -0.2) is 11.2 Å². The van der Waals surface area contributed by atoms with Gasteiger partial charge in [0.05, 0.1) is 6.10 Å². The Kier molecular flexibility index (Phi) is 1.69. The van der Waals surface area contributed by atoms with Gasteiger partial charge in [0, 0.05) is 5.92 Å². The summed E-state index contributed by atoms with van der Waals surface area (Å²) in [5.74, 6) is 3.18. The zero-order valence-electron chi connectivity index (χ0n) is 9.28. The molecule has 0 spiro atoms. The number of aliphatic hydroxyl groups is 1. The molecule has 0 aromatic heterocycles. The summed E-state index contributed by atoms with van der Waals surface area (Å²) in [6.07, 6.45) is 9.55. The van der Waals surface area contributed by atoms with Gasteiger partial charge in [-0.25, -0.2) is 0 Å². The highest BCUT2D eigenvalue weighted by atomic mass is 16.3. The van der Waals surface area contributed by atoms with Crippen LogP contribution in [0.4, 0.5) is 0 Å². The highest BCUT2D eigenvalue weighted by molar-refractivity contribution is 5.35. The number of rotatable bonds is 0. The molecule has 1 N–H and O–H groups in total. The fraction of sp³-hybridized carbons (Fsp3) is 0.857. The maximum Gasteiger partial charge on any atom is 0.0611 e. The third kappa shape index (κ3) is 1.03. The van der Waals surface area contributed by atoms with Gasteiger partial charge in [-0.05, 0) is 62.7 Å². The zero-order chi connectivity index (χ0) is 9.99. The van der Waals surface area contributed by atoms with Crippen molar-refractivity contribution in [2.45, 2.75) is 51.0 Å². The Morgan fingerprint density at radius 1 is 0.733 bits per heavy atom. The van der Waals surface area contributed by atoms with Crippen LogP contribution < -0.4 is 0 Å². The van der Waals surface area contributed by atoms with E-state index in [0.717, 1.165) is 24.2 Å². The van der Waals surface area contributed by atoms with Crippen LogP contribution in [0.15, 0.2) is 11.1 Å². The average molecular weight is 204 g/mol. The van der Waals surface area contributed by atoms with Crippen molar-refractivity contribution in [3.63, 3.8) is 0 Å². The van der Waals surface area contributed by atoms with Crippen LogP contribution in [-0.2, 0) is 0 Å². The van der Waals surface area contributed by atoms with E-state index in [4.69, 9.17) is 0 Å². The normalized spacial score (nSPS) is 52.2. The van der Waals surface area contributed by atoms with Crippen molar-refractivity contribution < 1.29 is 5.11 Å². The standard InChI is InChI=1S/C14H20O/c15-12-7-10-5-6-11(12)14-9-3-1-8(2-4-9)13(10)14/h8-12,15H,1-7H2/t8?,9?,10?,11?,12-/m1/s1. The van der Waals surface area contributed by atoms with Crippen molar-refractivity contribution in [2.24, 2.45) is 23.7 Å². The molecule has 0 aromatic rings. The van der Waals surface area contributed by atoms with Gasteiger partial charge in [-0.1, -0.05) is 11.1 Å². The molecule has 2 fully saturated rings. The molecule has 15 heavy (non-hydrogen) atoms. The average Bonchev–Trinajstić information content (AvgIpc) is 2.31. The van der Waals surface area contributed by atoms with Crippen molar-refractivity contribution in [2.75, 3.05) is 0 Å².